The van der Waals surface area contributed by atoms with Crippen LogP contribution in [0.3, 0.4) is 0 Å². The molecule has 2 aliphatic heterocycles. The minimum atomic E-state index is 0.0953. The third-order valence-electron chi connectivity index (χ3n) is 6.29. The van der Waals surface area contributed by atoms with Gasteiger partial charge in [0.1, 0.15) is 0 Å². The second-order valence-electron chi connectivity index (χ2n) is 8.24. The van der Waals surface area contributed by atoms with E-state index in [1.165, 1.54) is 11.3 Å². The normalized spacial score (nSPS) is 17.3. The molecule has 0 atom stereocenters. The number of carbonyl (C=O) groups is 2. The molecule has 2 aromatic carbocycles. The topological polar surface area (TPSA) is 43.9 Å². The first-order chi connectivity index (χ1) is 15.6. The summed E-state index contributed by atoms with van der Waals surface area (Å²) in [5.74, 6) is 0.211. The molecular formula is C25H24BrN3O2S. The van der Waals surface area contributed by atoms with Gasteiger partial charge >= 0.3 is 0 Å². The van der Waals surface area contributed by atoms with E-state index in [-0.39, 0.29) is 11.8 Å². The number of hydrogen-bond donors (Lipinski definition) is 0. The Labute approximate surface area is 200 Å². The lowest BCUT2D eigenvalue weighted by atomic mass is 10.0. The van der Waals surface area contributed by atoms with Crippen LogP contribution in [0.1, 0.15) is 20.0 Å². The average molecular weight is 510 g/mol. The number of rotatable bonds is 4. The molecule has 2 saturated heterocycles. The van der Waals surface area contributed by atoms with Crippen LogP contribution in [0.4, 0.5) is 0 Å². The van der Waals surface area contributed by atoms with Crippen LogP contribution in [0, 0.1) is 0 Å². The number of nitrogens with zero attached hydrogens (tertiary/aromatic N) is 3. The summed E-state index contributed by atoms with van der Waals surface area (Å²) in [6.45, 7) is 4.70. The van der Waals surface area contributed by atoms with Gasteiger partial charge in [0.25, 0.3) is 11.8 Å². The largest absolute Gasteiger partial charge is 0.335 e. The average Bonchev–Trinajstić information content (AvgIpc) is 3.25. The molecule has 0 aliphatic carbocycles. The van der Waals surface area contributed by atoms with Gasteiger partial charge in [-0.2, -0.15) is 0 Å². The van der Waals surface area contributed by atoms with E-state index in [4.69, 9.17) is 0 Å². The molecule has 2 aliphatic rings. The zero-order valence-corrected chi connectivity index (χ0v) is 20.0. The van der Waals surface area contributed by atoms with E-state index in [0.717, 1.165) is 64.6 Å². The van der Waals surface area contributed by atoms with E-state index < -0.39 is 0 Å². The van der Waals surface area contributed by atoms with E-state index in [1.807, 2.05) is 64.4 Å². The van der Waals surface area contributed by atoms with Crippen molar-refractivity contribution in [2.24, 2.45) is 0 Å². The fourth-order valence-electron chi connectivity index (χ4n) is 4.35. The minimum Gasteiger partial charge on any atom is -0.335 e. The predicted molar refractivity (Wildman–Crippen MR) is 131 cm³/mol. The van der Waals surface area contributed by atoms with E-state index in [0.29, 0.717) is 6.04 Å². The van der Waals surface area contributed by atoms with E-state index in [2.05, 4.69) is 33.0 Å². The van der Waals surface area contributed by atoms with Crippen LogP contribution in [0.25, 0.3) is 11.1 Å². The number of amides is 2. The van der Waals surface area contributed by atoms with Gasteiger partial charge in [0.15, 0.2) is 0 Å². The molecule has 32 heavy (non-hydrogen) atoms. The van der Waals surface area contributed by atoms with Crippen molar-refractivity contribution in [3.63, 3.8) is 0 Å². The summed E-state index contributed by atoms with van der Waals surface area (Å²) in [4.78, 5) is 32.5. The zero-order chi connectivity index (χ0) is 22.1. The maximum absolute atomic E-state index is 12.9. The lowest BCUT2D eigenvalue weighted by molar-refractivity contribution is 0.00863. The highest BCUT2D eigenvalue weighted by Crippen LogP contribution is 2.25. The van der Waals surface area contributed by atoms with Crippen molar-refractivity contribution in [3.8, 4) is 11.1 Å². The molecule has 0 spiro atoms. The Morgan fingerprint density at radius 3 is 2.03 bits per heavy atom. The Morgan fingerprint density at radius 1 is 0.750 bits per heavy atom. The van der Waals surface area contributed by atoms with Gasteiger partial charge in [0, 0.05) is 50.9 Å². The minimum absolute atomic E-state index is 0.0953. The van der Waals surface area contributed by atoms with Gasteiger partial charge in [-0.1, -0.05) is 42.5 Å². The smallest absolute Gasteiger partial charge is 0.264 e. The quantitative estimate of drug-likeness (QED) is 0.521. The van der Waals surface area contributed by atoms with Crippen LogP contribution in [0.2, 0.25) is 0 Å². The molecule has 2 amide bonds. The molecule has 0 unspecified atom stereocenters. The van der Waals surface area contributed by atoms with Crippen LogP contribution >= 0.6 is 27.3 Å². The number of hydrogen-bond acceptors (Lipinski definition) is 4. The molecule has 5 nitrogen and oxygen atoms in total. The van der Waals surface area contributed by atoms with Crippen molar-refractivity contribution in [1.29, 1.82) is 0 Å². The second-order valence-corrected chi connectivity index (χ2v) is 10.7. The highest BCUT2D eigenvalue weighted by Gasteiger charge is 2.37. The number of thiophene rings is 1. The predicted octanol–water partition coefficient (Wildman–Crippen LogP) is 4.46. The fourth-order valence-corrected chi connectivity index (χ4v) is 5.70. The van der Waals surface area contributed by atoms with Crippen molar-refractivity contribution < 1.29 is 9.59 Å². The third-order valence-corrected chi connectivity index (χ3v) is 7.90. The van der Waals surface area contributed by atoms with Gasteiger partial charge in [-0.15, -0.1) is 11.3 Å². The van der Waals surface area contributed by atoms with E-state index in [1.54, 1.807) is 0 Å². The van der Waals surface area contributed by atoms with Crippen LogP contribution in [-0.2, 0) is 0 Å². The van der Waals surface area contributed by atoms with Crippen LogP contribution in [0.15, 0.2) is 70.5 Å². The number of halogens is 1. The fraction of sp³-hybridized carbons (Fsp3) is 0.280. The van der Waals surface area contributed by atoms with Crippen molar-refractivity contribution in [2.45, 2.75) is 6.04 Å². The van der Waals surface area contributed by atoms with Gasteiger partial charge < -0.3 is 9.80 Å². The maximum atomic E-state index is 12.9. The summed E-state index contributed by atoms with van der Waals surface area (Å²) in [6, 6.07) is 22.2. The molecule has 5 rings (SSSR count). The van der Waals surface area contributed by atoms with Crippen molar-refractivity contribution in [3.05, 3.63) is 81.0 Å². The Kier molecular flexibility index (Phi) is 6.13. The maximum Gasteiger partial charge on any atom is 0.264 e. The van der Waals surface area contributed by atoms with Gasteiger partial charge in [-0.05, 0) is 51.3 Å². The summed E-state index contributed by atoms with van der Waals surface area (Å²) >= 11 is 4.91. The molecule has 0 radical (unpaired) electrons. The summed E-state index contributed by atoms with van der Waals surface area (Å²) in [5, 5.41) is 0. The SMILES string of the molecule is O=C(c1ccc(-c2ccccc2)cc1)N1CC(N2CCN(C(=O)c3ccc(Br)s3)CC2)C1. The Morgan fingerprint density at radius 2 is 1.41 bits per heavy atom. The first kappa shape index (κ1) is 21.4. The summed E-state index contributed by atoms with van der Waals surface area (Å²) in [6.07, 6.45) is 0. The Bertz CT molecular complexity index is 1100. The Hall–Kier alpha value is -2.48. The molecule has 164 valence electrons. The van der Waals surface area contributed by atoms with Gasteiger partial charge in [0.2, 0.25) is 0 Å². The van der Waals surface area contributed by atoms with Crippen LogP contribution < -0.4 is 0 Å². The van der Waals surface area contributed by atoms with Crippen molar-refractivity contribution >= 4 is 39.1 Å². The molecule has 0 N–H and O–H groups in total. The number of likely N-dealkylation sites (tertiary alicyclic amines) is 1. The van der Waals surface area contributed by atoms with Gasteiger partial charge in [-0.3, -0.25) is 14.5 Å². The molecule has 3 aromatic rings. The lowest BCUT2D eigenvalue weighted by Crippen LogP contribution is -2.64. The number of carbonyl (C=O) groups excluding carboxylic acids is 2. The highest BCUT2D eigenvalue weighted by atomic mass is 79.9. The van der Waals surface area contributed by atoms with E-state index in [9.17, 15) is 9.59 Å². The first-order valence-electron chi connectivity index (χ1n) is 10.8. The second kappa shape index (κ2) is 9.17. The van der Waals surface area contributed by atoms with E-state index >= 15 is 0 Å². The molecule has 7 heteroatoms. The van der Waals surface area contributed by atoms with Crippen molar-refractivity contribution in [1.82, 2.24) is 14.7 Å². The van der Waals surface area contributed by atoms with Crippen LogP contribution in [0.5, 0.6) is 0 Å². The summed E-state index contributed by atoms with van der Waals surface area (Å²) in [5.41, 5.74) is 3.01. The lowest BCUT2D eigenvalue weighted by Gasteiger charge is -2.48. The molecule has 0 bridgehead atoms. The first-order valence-corrected chi connectivity index (χ1v) is 12.4. The Balaban J connectivity index is 1.11. The van der Waals surface area contributed by atoms with Crippen LogP contribution in [-0.4, -0.2) is 71.8 Å². The molecule has 1 aromatic heterocycles. The highest BCUT2D eigenvalue weighted by molar-refractivity contribution is 9.11. The number of benzene rings is 2. The third kappa shape index (κ3) is 4.37. The molecular weight excluding hydrogens is 486 g/mol. The van der Waals surface area contributed by atoms with Crippen molar-refractivity contribution in [2.75, 3.05) is 39.3 Å². The zero-order valence-electron chi connectivity index (χ0n) is 17.6. The summed E-state index contributed by atoms with van der Waals surface area (Å²) in [7, 11) is 0. The standard InChI is InChI=1S/C25H24BrN3O2S/c26-23-11-10-22(32-23)25(31)28-14-12-27(13-15-28)21-16-29(17-21)24(30)20-8-6-19(7-9-20)18-4-2-1-3-5-18/h1-11,21H,12-17H2. The molecule has 3 heterocycles. The molecule has 2 fully saturated rings. The summed E-state index contributed by atoms with van der Waals surface area (Å²) < 4.78 is 0.980. The monoisotopic (exact) mass is 509 g/mol. The van der Waals surface area contributed by atoms with Gasteiger partial charge in [-0.25, -0.2) is 0 Å². The van der Waals surface area contributed by atoms with Gasteiger partial charge in [0.05, 0.1) is 8.66 Å². The number of piperazine rings is 1. The molecule has 0 saturated carbocycles.